The Labute approximate surface area is 101 Å². The zero-order chi connectivity index (χ0) is 12.3. The number of aliphatic carboxylic acids is 1. The largest absolute Gasteiger partial charge is 0.549 e. The molecule has 2 aromatic rings. The lowest BCUT2D eigenvalue weighted by Gasteiger charge is -2.19. The van der Waals surface area contributed by atoms with E-state index in [1.807, 2.05) is 49.4 Å². The van der Waals surface area contributed by atoms with Crippen molar-refractivity contribution in [3.8, 4) is 0 Å². The highest BCUT2D eigenvalue weighted by Gasteiger charge is 2.14. The van der Waals surface area contributed by atoms with Gasteiger partial charge in [0.2, 0.25) is 0 Å². The SMILES string of the molecule is CCCC(C(=O)[O-])c1cccc2ccccc12. The molecule has 17 heavy (non-hydrogen) atoms. The fourth-order valence-electron chi connectivity index (χ4n) is 2.24. The Bertz CT molecular complexity index is 526. The highest BCUT2D eigenvalue weighted by molar-refractivity contribution is 5.90. The highest BCUT2D eigenvalue weighted by Crippen LogP contribution is 2.28. The Morgan fingerprint density at radius 1 is 1.18 bits per heavy atom. The van der Waals surface area contributed by atoms with Crippen molar-refractivity contribution in [2.24, 2.45) is 0 Å². The Balaban J connectivity index is 2.56. The first-order valence-corrected chi connectivity index (χ1v) is 5.92. The summed E-state index contributed by atoms with van der Waals surface area (Å²) in [7, 11) is 0. The minimum atomic E-state index is -0.983. The summed E-state index contributed by atoms with van der Waals surface area (Å²) in [4.78, 5) is 11.2. The third-order valence-electron chi connectivity index (χ3n) is 3.06. The Hall–Kier alpha value is -1.83. The first-order valence-electron chi connectivity index (χ1n) is 5.92. The molecule has 0 spiro atoms. The molecule has 0 radical (unpaired) electrons. The monoisotopic (exact) mass is 227 g/mol. The number of carboxylic acids is 1. The summed E-state index contributed by atoms with van der Waals surface area (Å²) >= 11 is 0. The van der Waals surface area contributed by atoms with Gasteiger partial charge in [0.25, 0.3) is 0 Å². The first kappa shape index (κ1) is 11.6. The molecule has 0 saturated heterocycles. The minimum absolute atomic E-state index is 0.508. The van der Waals surface area contributed by atoms with E-state index in [0.29, 0.717) is 6.42 Å². The lowest BCUT2D eigenvalue weighted by molar-refractivity contribution is -0.308. The van der Waals surface area contributed by atoms with Gasteiger partial charge in [-0.1, -0.05) is 55.8 Å². The fourth-order valence-corrected chi connectivity index (χ4v) is 2.24. The van der Waals surface area contributed by atoms with Gasteiger partial charge in [-0.3, -0.25) is 0 Å². The number of carboxylic acid groups (broad SMARTS) is 1. The van der Waals surface area contributed by atoms with Crippen molar-refractivity contribution in [3.63, 3.8) is 0 Å². The van der Waals surface area contributed by atoms with Crippen LogP contribution in [0.4, 0.5) is 0 Å². The number of hydrogen-bond donors (Lipinski definition) is 0. The second-order valence-electron chi connectivity index (χ2n) is 4.23. The van der Waals surface area contributed by atoms with Crippen LogP contribution in [-0.2, 0) is 4.79 Å². The predicted molar refractivity (Wildman–Crippen MR) is 66.6 cm³/mol. The quantitative estimate of drug-likeness (QED) is 0.805. The van der Waals surface area contributed by atoms with Crippen LogP contribution in [0.5, 0.6) is 0 Å². The molecule has 1 unspecified atom stereocenters. The topological polar surface area (TPSA) is 40.1 Å². The van der Waals surface area contributed by atoms with E-state index in [4.69, 9.17) is 0 Å². The van der Waals surface area contributed by atoms with E-state index in [1.54, 1.807) is 0 Å². The third-order valence-corrected chi connectivity index (χ3v) is 3.06. The molecule has 2 aromatic carbocycles. The summed E-state index contributed by atoms with van der Waals surface area (Å²) in [5, 5.41) is 13.3. The maximum Gasteiger partial charge on any atom is 0.0489 e. The second kappa shape index (κ2) is 5.00. The number of carbonyl (C=O) groups is 1. The molecule has 2 heteroatoms. The average Bonchev–Trinajstić information content (AvgIpc) is 2.35. The number of benzene rings is 2. The molecule has 0 N–H and O–H groups in total. The van der Waals surface area contributed by atoms with E-state index in [1.165, 1.54) is 0 Å². The van der Waals surface area contributed by atoms with Gasteiger partial charge in [-0.25, -0.2) is 0 Å². The molecule has 0 fully saturated rings. The van der Waals surface area contributed by atoms with Crippen molar-refractivity contribution in [1.29, 1.82) is 0 Å². The molecule has 1 atom stereocenters. The Morgan fingerprint density at radius 3 is 2.59 bits per heavy atom. The molecule has 0 aromatic heterocycles. The van der Waals surface area contributed by atoms with Crippen LogP contribution in [0.2, 0.25) is 0 Å². The van der Waals surface area contributed by atoms with E-state index in [2.05, 4.69) is 0 Å². The summed E-state index contributed by atoms with van der Waals surface area (Å²) in [6.07, 6.45) is 1.46. The number of fused-ring (bicyclic) bond motifs is 1. The fraction of sp³-hybridized carbons (Fsp3) is 0.267. The minimum Gasteiger partial charge on any atom is -0.549 e. The molecule has 0 heterocycles. The second-order valence-corrected chi connectivity index (χ2v) is 4.23. The molecule has 0 aliphatic rings. The lowest BCUT2D eigenvalue weighted by Crippen LogP contribution is -2.29. The van der Waals surface area contributed by atoms with Crippen LogP contribution < -0.4 is 5.11 Å². The maximum atomic E-state index is 11.2. The van der Waals surface area contributed by atoms with Crippen molar-refractivity contribution in [2.75, 3.05) is 0 Å². The van der Waals surface area contributed by atoms with Crippen molar-refractivity contribution in [3.05, 3.63) is 48.0 Å². The average molecular weight is 227 g/mol. The van der Waals surface area contributed by atoms with Gasteiger partial charge in [-0.2, -0.15) is 0 Å². The molecule has 0 aliphatic carbocycles. The number of hydrogen-bond acceptors (Lipinski definition) is 2. The lowest BCUT2D eigenvalue weighted by atomic mass is 9.90. The summed E-state index contributed by atoms with van der Waals surface area (Å²) in [6, 6.07) is 13.6. The molecular weight excluding hydrogens is 212 g/mol. The van der Waals surface area contributed by atoms with Crippen molar-refractivity contribution >= 4 is 16.7 Å². The van der Waals surface area contributed by atoms with Gasteiger partial charge < -0.3 is 9.90 Å². The van der Waals surface area contributed by atoms with E-state index < -0.39 is 11.9 Å². The van der Waals surface area contributed by atoms with Gasteiger partial charge in [0.1, 0.15) is 0 Å². The highest BCUT2D eigenvalue weighted by atomic mass is 16.4. The van der Waals surface area contributed by atoms with E-state index in [0.717, 1.165) is 22.8 Å². The van der Waals surface area contributed by atoms with Crippen LogP contribution in [0.3, 0.4) is 0 Å². The molecular formula is C15H15O2-. The molecule has 0 bridgehead atoms. The summed E-state index contributed by atoms with van der Waals surface area (Å²) in [5.74, 6) is -1.49. The van der Waals surface area contributed by atoms with E-state index >= 15 is 0 Å². The maximum absolute atomic E-state index is 11.2. The Kier molecular flexibility index (Phi) is 3.43. The van der Waals surface area contributed by atoms with Gasteiger partial charge in [0.05, 0.1) is 0 Å². The van der Waals surface area contributed by atoms with Gasteiger partial charge in [0, 0.05) is 11.9 Å². The normalized spacial score (nSPS) is 12.5. The molecule has 0 amide bonds. The summed E-state index contributed by atoms with van der Waals surface area (Å²) in [6.45, 7) is 1.99. The summed E-state index contributed by atoms with van der Waals surface area (Å²) in [5.41, 5.74) is 0.866. The Morgan fingerprint density at radius 2 is 1.88 bits per heavy atom. The van der Waals surface area contributed by atoms with Crippen molar-refractivity contribution < 1.29 is 9.90 Å². The van der Waals surface area contributed by atoms with E-state index in [-0.39, 0.29) is 0 Å². The summed E-state index contributed by atoms with van der Waals surface area (Å²) < 4.78 is 0. The zero-order valence-electron chi connectivity index (χ0n) is 9.85. The van der Waals surface area contributed by atoms with Crippen molar-refractivity contribution in [1.82, 2.24) is 0 Å². The van der Waals surface area contributed by atoms with Gasteiger partial charge in [0.15, 0.2) is 0 Å². The molecule has 2 rings (SSSR count). The smallest absolute Gasteiger partial charge is 0.0489 e. The van der Waals surface area contributed by atoms with Crippen LogP contribution in [0, 0.1) is 0 Å². The van der Waals surface area contributed by atoms with E-state index in [9.17, 15) is 9.90 Å². The molecule has 88 valence electrons. The zero-order valence-corrected chi connectivity index (χ0v) is 9.85. The van der Waals surface area contributed by atoms with Crippen LogP contribution >= 0.6 is 0 Å². The predicted octanol–water partition coefficient (Wildman–Crippen LogP) is 2.47. The van der Waals surface area contributed by atoms with Gasteiger partial charge >= 0.3 is 0 Å². The third kappa shape index (κ3) is 2.31. The standard InChI is InChI=1S/C15H16O2/c1-2-6-14(15(16)17)13-10-5-8-11-7-3-4-9-12(11)13/h3-5,7-10,14H,2,6H2,1H3,(H,16,17)/p-1. The molecule has 2 nitrogen and oxygen atoms in total. The first-order chi connectivity index (χ1) is 8.24. The number of carbonyl (C=O) groups excluding carboxylic acids is 1. The van der Waals surface area contributed by atoms with Gasteiger partial charge in [-0.05, 0) is 22.8 Å². The molecule has 0 aliphatic heterocycles. The molecule has 0 saturated carbocycles. The number of rotatable bonds is 4. The van der Waals surface area contributed by atoms with Crippen LogP contribution in [0.1, 0.15) is 31.2 Å². The van der Waals surface area contributed by atoms with Crippen LogP contribution in [0.25, 0.3) is 10.8 Å². The van der Waals surface area contributed by atoms with Crippen molar-refractivity contribution in [2.45, 2.75) is 25.7 Å². The van der Waals surface area contributed by atoms with Crippen LogP contribution in [0.15, 0.2) is 42.5 Å². The van der Waals surface area contributed by atoms with Gasteiger partial charge in [-0.15, -0.1) is 0 Å². The van der Waals surface area contributed by atoms with Crippen LogP contribution in [-0.4, -0.2) is 5.97 Å².